The summed E-state index contributed by atoms with van der Waals surface area (Å²) in [6, 6.07) is 14.7. The van der Waals surface area contributed by atoms with Crippen LogP contribution in [0, 0.1) is 0 Å². The van der Waals surface area contributed by atoms with E-state index in [2.05, 4.69) is 12.2 Å². The highest BCUT2D eigenvalue weighted by molar-refractivity contribution is 6.32. The molecule has 138 valence electrons. The van der Waals surface area contributed by atoms with Gasteiger partial charge in [0, 0.05) is 0 Å². The van der Waals surface area contributed by atoms with E-state index in [4.69, 9.17) is 21.1 Å². The van der Waals surface area contributed by atoms with Gasteiger partial charge in [0.25, 0.3) is 5.91 Å². The van der Waals surface area contributed by atoms with Crippen molar-refractivity contribution in [1.82, 2.24) is 5.32 Å². The van der Waals surface area contributed by atoms with Crippen molar-refractivity contribution in [3.8, 4) is 5.75 Å². The highest BCUT2D eigenvalue weighted by Crippen LogP contribution is 2.22. The number of ether oxygens (including phenoxy) is 2. The molecule has 1 amide bonds. The fourth-order valence-electron chi connectivity index (χ4n) is 2.29. The van der Waals surface area contributed by atoms with Crippen molar-refractivity contribution in [1.29, 1.82) is 0 Å². The smallest absolute Gasteiger partial charge is 0.344 e. The Balaban J connectivity index is 1.73. The molecule has 0 unspecified atom stereocenters. The summed E-state index contributed by atoms with van der Waals surface area (Å²) >= 11 is 5.93. The number of nitrogens with one attached hydrogen (secondary N) is 1. The lowest BCUT2D eigenvalue weighted by atomic mass is 10.1. The van der Waals surface area contributed by atoms with E-state index in [0.717, 1.165) is 12.0 Å². The van der Waals surface area contributed by atoms with Crippen LogP contribution in [0.1, 0.15) is 31.0 Å². The Labute approximate surface area is 158 Å². The maximum absolute atomic E-state index is 11.9. The lowest BCUT2D eigenvalue weighted by molar-refractivity contribution is -0.150. The molecule has 0 aliphatic carbocycles. The van der Waals surface area contributed by atoms with Gasteiger partial charge in [-0.3, -0.25) is 4.79 Å². The number of hydrogen-bond acceptors (Lipinski definition) is 4. The van der Waals surface area contributed by atoms with Crippen LogP contribution in [0.15, 0.2) is 48.5 Å². The second-order valence-corrected chi connectivity index (χ2v) is 6.17. The largest absolute Gasteiger partial charge is 0.480 e. The summed E-state index contributed by atoms with van der Waals surface area (Å²) < 4.78 is 10.2. The molecule has 0 radical (unpaired) electrons. The Morgan fingerprint density at radius 2 is 1.77 bits per heavy atom. The third-order valence-electron chi connectivity index (χ3n) is 3.81. The fourth-order valence-corrected chi connectivity index (χ4v) is 2.48. The summed E-state index contributed by atoms with van der Waals surface area (Å²) in [5.41, 5.74) is 2.23. The van der Waals surface area contributed by atoms with Crippen LogP contribution in [0.5, 0.6) is 5.75 Å². The fraction of sp³-hybridized carbons (Fsp3) is 0.300. The van der Waals surface area contributed by atoms with Gasteiger partial charge in [-0.25, -0.2) is 4.79 Å². The van der Waals surface area contributed by atoms with Gasteiger partial charge in [0.1, 0.15) is 5.75 Å². The van der Waals surface area contributed by atoms with Crippen LogP contribution in [0.3, 0.4) is 0 Å². The first kappa shape index (κ1) is 19.8. The second-order valence-electron chi connectivity index (χ2n) is 5.76. The summed E-state index contributed by atoms with van der Waals surface area (Å²) in [7, 11) is 0. The summed E-state index contributed by atoms with van der Waals surface area (Å²) in [4.78, 5) is 23.6. The first-order valence-corrected chi connectivity index (χ1v) is 8.78. The molecule has 0 aromatic heterocycles. The molecule has 2 rings (SSSR count). The summed E-state index contributed by atoms with van der Waals surface area (Å²) in [5, 5.41) is 3.20. The number of hydrogen-bond donors (Lipinski definition) is 1. The molecule has 1 atom stereocenters. The minimum absolute atomic E-state index is 0.175. The summed E-state index contributed by atoms with van der Waals surface area (Å²) in [6.07, 6.45) is 0.966. The van der Waals surface area contributed by atoms with Crippen molar-refractivity contribution in [3.05, 3.63) is 64.7 Å². The van der Waals surface area contributed by atoms with Gasteiger partial charge < -0.3 is 14.8 Å². The van der Waals surface area contributed by atoms with Crippen LogP contribution in [0.2, 0.25) is 5.02 Å². The predicted octanol–water partition coefficient (Wildman–Crippen LogP) is 3.70. The zero-order valence-corrected chi connectivity index (χ0v) is 15.6. The average molecular weight is 376 g/mol. The van der Waals surface area contributed by atoms with Gasteiger partial charge in [-0.05, 0) is 36.6 Å². The van der Waals surface area contributed by atoms with Crippen LogP contribution in [-0.4, -0.2) is 25.1 Å². The van der Waals surface area contributed by atoms with E-state index in [9.17, 15) is 9.59 Å². The van der Waals surface area contributed by atoms with Crippen LogP contribution < -0.4 is 10.1 Å². The van der Waals surface area contributed by atoms with Crippen LogP contribution in [-0.2, 0) is 20.7 Å². The molecular formula is C20H22ClNO4. The minimum atomic E-state index is -0.639. The van der Waals surface area contributed by atoms with Crippen molar-refractivity contribution in [2.75, 3.05) is 13.2 Å². The van der Waals surface area contributed by atoms with Gasteiger partial charge >= 0.3 is 5.97 Å². The highest BCUT2D eigenvalue weighted by atomic mass is 35.5. The number of para-hydroxylation sites is 1. The van der Waals surface area contributed by atoms with Gasteiger partial charge in [0.05, 0.1) is 11.1 Å². The van der Waals surface area contributed by atoms with Crippen molar-refractivity contribution in [2.45, 2.75) is 26.3 Å². The van der Waals surface area contributed by atoms with Crippen molar-refractivity contribution in [3.63, 3.8) is 0 Å². The Morgan fingerprint density at radius 1 is 1.08 bits per heavy atom. The molecular weight excluding hydrogens is 354 g/mol. The Kier molecular flexibility index (Phi) is 7.48. The molecule has 0 fully saturated rings. The number of amides is 1. The molecule has 0 aliphatic heterocycles. The SMILES string of the molecule is CCc1ccc([C@H](C)NC(=O)COC(=O)COc2ccccc2Cl)cc1. The number of carbonyl (C=O) groups is 2. The molecule has 1 N–H and O–H groups in total. The molecule has 26 heavy (non-hydrogen) atoms. The third kappa shape index (κ3) is 6.08. The molecule has 0 aliphatic rings. The highest BCUT2D eigenvalue weighted by Gasteiger charge is 2.13. The standard InChI is InChI=1S/C20H22ClNO4/c1-3-15-8-10-16(11-9-15)14(2)22-19(23)12-26-20(24)13-25-18-7-5-4-6-17(18)21/h4-11,14H,3,12-13H2,1-2H3,(H,22,23)/t14-/m0/s1. The molecule has 0 bridgehead atoms. The number of benzene rings is 2. The average Bonchev–Trinajstić information content (AvgIpc) is 2.65. The lowest BCUT2D eigenvalue weighted by Crippen LogP contribution is -2.32. The number of halogens is 1. The van der Waals surface area contributed by atoms with Crippen molar-refractivity contribution >= 4 is 23.5 Å². The normalized spacial score (nSPS) is 11.5. The van der Waals surface area contributed by atoms with E-state index in [-0.39, 0.29) is 25.2 Å². The molecule has 5 nitrogen and oxygen atoms in total. The van der Waals surface area contributed by atoms with E-state index in [1.165, 1.54) is 5.56 Å². The Morgan fingerprint density at radius 3 is 2.42 bits per heavy atom. The Hall–Kier alpha value is -2.53. The minimum Gasteiger partial charge on any atom is -0.480 e. The summed E-state index contributed by atoms with van der Waals surface area (Å²) in [6.45, 7) is 3.29. The maximum atomic E-state index is 11.9. The van der Waals surface area contributed by atoms with E-state index < -0.39 is 5.97 Å². The summed E-state index contributed by atoms with van der Waals surface area (Å²) in [5.74, 6) is -0.622. The topological polar surface area (TPSA) is 64.6 Å². The van der Waals surface area contributed by atoms with Crippen molar-refractivity contribution < 1.29 is 19.1 Å². The molecule has 0 heterocycles. The van der Waals surface area contributed by atoms with Crippen molar-refractivity contribution in [2.24, 2.45) is 0 Å². The number of rotatable bonds is 8. The maximum Gasteiger partial charge on any atom is 0.344 e. The molecule has 6 heteroatoms. The van der Waals surface area contributed by atoms with Gasteiger partial charge in [-0.2, -0.15) is 0 Å². The molecule has 2 aromatic rings. The van der Waals surface area contributed by atoms with Gasteiger partial charge in [0.15, 0.2) is 13.2 Å². The van der Waals surface area contributed by atoms with Crippen LogP contribution in [0.4, 0.5) is 0 Å². The second kappa shape index (κ2) is 9.82. The van der Waals surface area contributed by atoms with Crippen LogP contribution >= 0.6 is 11.6 Å². The predicted molar refractivity (Wildman–Crippen MR) is 100 cm³/mol. The van der Waals surface area contributed by atoms with E-state index in [0.29, 0.717) is 10.8 Å². The van der Waals surface area contributed by atoms with E-state index in [1.807, 2.05) is 31.2 Å². The van der Waals surface area contributed by atoms with E-state index >= 15 is 0 Å². The number of esters is 1. The lowest BCUT2D eigenvalue weighted by Gasteiger charge is -2.15. The van der Waals surface area contributed by atoms with Gasteiger partial charge in [-0.1, -0.05) is 54.9 Å². The quantitative estimate of drug-likeness (QED) is 0.714. The molecule has 2 aromatic carbocycles. The third-order valence-corrected chi connectivity index (χ3v) is 4.12. The van der Waals surface area contributed by atoms with Gasteiger partial charge in [0.2, 0.25) is 0 Å². The zero-order valence-electron chi connectivity index (χ0n) is 14.8. The number of carbonyl (C=O) groups excluding carboxylic acids is 2. The molecule has 0 spiro atoms. The number of aryl methyl sites for hydroxylation is 1. The van der Waals surface area contributed by atoms with Gasteiger partial charge in [-0.15, -0.1) is 0 Å². The Bertz CT molecular complexity index is 746. The van der Waals surface area contributed by atoms with E-state index in [1.54, 1.807) is 24.3 Å². The first-order chi connectivity index (χ1) is 12.5. The first-order valence-electron chi connectivity index (χ1n) is 8.40. The monoisotopic (exact) mass is 375 g/mol. The van der Waals surface area contributed by atoms with Crippen LogP contribution in [0.25, 0.3) is 0 Å². The molecule has 0 saturated carbocycles. The zero-order chi connectivity index (χ0) is 18.9. The molecule has 0 saturated heterocycles.